The molecule has 10 heteroatoms. The lowest BCUT2D eigenvalue weighted by Gasteiger charge is -2.30. The van der Waals surface area contributed by atoms with Crippen LogP contribution in [-0.4, -0.2) is 35.5 Å². The number of hydrogen-bond acceptors (Lipinski definition) is 5. The minimum Gasteiger partial charge on any atom is -0.457 e. The van der Waals surface area contributed by atoms with Gasteiger partial charge >= 0.3 is 6.18 Å². The Labute approximate surface area is 194 Å². The highest BCUT2D eigenvalue weighted by molar-refractivity contribution is 7.90. The van der Waals surface area contributed by atoms with E-state index in [9.17, 15) is 26.7 Å². The number of aliphatic hydroxyl groups is 1. The molecular formula is C24H21F3N2O4S. The minimum absolute atomic E-state index is 0.115. The van der Waals surface area contributed by atoms with Crippen LogP contribution in [0.5, 0.6) is 11.5 Å². The highest BCUT2D eigenvalue weighted by atomic mass is 32.2. The van der Waals surface area contributed by atoms with Crippen LogP contribution < -0.4 is 4.74 Å². The van der Waals surface area contributed by atoms with Crippen LogP contribution in [0.3, 0.4) is 0 Å². The van der Waals surface area contributed by atoms with E-state index in [2.05, 4.69) is 4.98 Å². The SMILES string of the molecule is CCn1c(C(O)(c2ccccc2)C(F)(F)F)nc2ccc(Oc3ccc(S(C)(=O)=O)cc3)cc21. The van der Waals surface area contributed by atoms with Gasteiger partial charge in [-0.05, 0) is 43.3 Å². The molecule has 0 aliphatic rings. The molecule has 1 aromatic heterocycles. The van der Waals surface area contributed by atoms with Gasteiger partial charge in [0.2, 0.25) is 5.60 Å². The van der Waals surface area contributed by atoms with Crippen LogP contribution in [0.4, 0.5) is 13.2 Å². The Morgan fingerprint density at radius 2 is 1.59 bits per heavy atom. The summed E-state index contributed by atoms with van der Waals surface area (Å²) in [5.74, 6) is 0.125. The van der Waals surface area contributed by atoms with E-state index in [1.165, 1.54) is 65.2 Å². The van der Waals surface area contributed by atoms with Crippen molar-refractivity contribution in [3.8, 4) is 11.5 Å². The molecule has 1 atom stereocenters. The third-order valence-electron chi connectivity index (χ3n) is 5.45. The lowest BCUT2D eigenvalue weighted by Crippen LogP contribution is -2.45. The second kappa shape index (κ2) is 8.44. The number of hydrogen-bond donors (Lipinski definition) is 1. The fourth-order valence-electron chi connectivity index (χ4n) is 3.75. The van der Waals surface area contributed by atoms with E-state index in [4.69, 9.17) is 4.74 Å². The van der Waals surface area contributed by atoms with Crippen molar-refractivity contribution in [2.45, 2.75) is 30.1 Å². The van der Waals surface area contributed by atoms with Crippen molar-refractivity contribution in [3.05, 3.63) is 84.2 Å². The highest BCUT2D eigenvalue weighted by Crippen LogP contribution is 2.44. The van der Waals surface area contributed by atoms with Crippen molar-refractivity contribution < 1.29 is 31.4 Å². The quantitative estimate of drug-likeness (QED) is 0.409. The number of halogens is 3. The van der Waals surface area contributed by atoms with Gasteiger partial charge in [-0.15, -0.1) is 0 Å². The predicted octanol–water partition coefficient (Wildman–Crippen LogP) is 5.05. The zero-order valence-electron chi connectivity index (χ0n) is 18.2. The maximum atomic E-state index is 14.2. The Bertz CT molecular complexity index is 1430. The number of sulfone groups is 1. The van der Waals surface area contributed by atoms with Crippen molar-refractivity contribution in [1.29, 1.82) is 0 Å². The molecule has 0 saturated heterocycles. The maximum absolute atomic E-state index is 14.2. The molecule has 178 valence electrons. The molecule has 1 N–H and O–H groups in total. The fraction of sp³-hybridized carbons (Fsp3) is 0.208. The van der Waals surface area contributed by atoms with Gasteiger partial charge in [0.25, 0.3) is 0 Å². The molecule has 0 amide bonds. The normalized spacial score (nSPS) is 14.2. The van der Waals surface area contributed by atoms with Crippen molar-refractivity contribution in [1.82, 2.24) is 9.55 Å². The van der Waals surface area contributed by atoms with Crippen LogP contribution >= 0.6 is 0 Å². The van der Waals surface area contributed by atoms with Gasteiger partial charge in [-0.25, -0.2) is 13.4 Å². The summed E-state index contributed by atoms with van der Waals surface area (Å²) >= 11 is 0. The van der Waals surface area contributed by atoms with Crippen LogP contribution in [-0.2, 0) is 22.0 Å². The van der Waals surface area contributed by atoms with E-state index in [0.29, 0.717) is 17.0 Å². The fourth-order valence-corrected chi connectivity index (χ4v) is 4.38. The Morgan fingerprint density at radius 3 is 2.15 bits per heavy atom. The van der Waals surface area contributed by atoms with Crippen LogP contribution in [0.1, 0.15) is 18.3 Å². The van der Waals surface area contributed by atoms with Gasteiger partial charge in [0.05, 0.1) is 15.9 Å². The maximum Gasteiger partial charge on any atom is 0.428 e. The van der Waals surface area contributed by atoms with Crippen molar-refractivity contribution in [3.63, 3.8) is 0 Å². The average Bonchev–Trinajstić information content (AvgIpc) is 3.16. The van der Waals surface area contributed by atoms with Gasteiger partial charge in [0.15, 0.2) is 15.7 Å². The number of aromatic nitrogens is 2. The topological polar surface area (TPSA) is 81.4 Å². The average molecular weight is 491 g/mol. The first-order chi connectivity index (χ1) is 15.9. The molecule has 0 saturated carbocycles. The number of benzene rings is 3. The third kappa shape index (κ3) is 4.14. The summed E-state index contributed by atoms with van der Waals surface area (Å²) < 4.78 is 73.0. The highest BCUT2D eigenvalue weighted by Gasteiger charge is 2.59. The van der Waals surface area contributed by atoms with E-state index < -0.39 is 27.4 Å². The van der Waals surface area contributed by atoms with Crippen LogP contribution in [0.2, 0.25) is 0 Å². The standard InChI is InChI=1S/C24H21F3N2O4S/c1-3-29-21-15-18(33-17-9-12-19(13-10-17)34(2,31)32)11-14-20(21)28-22(29)23(30,24(25,26)27)16-7-5-4-6-8-16/h4-15,30H,3H2,1-2H3. The van der Waals surface area contributed by atoms with Gasteiger partial charge in [0.1, 0.15) is 11.5 Å². The lowest BCUT2D eigenvalue weighted by atomic mass is 9.92. The lowest BCUT2D eigenvalue weighted by molar-refractivity contribution is -0.252. The first kappa shape index (κ1) is 23.8. The van der Waals surface area contributed by atoms with E-state index in [-0.39, 0.29) is 22.5 Å². The minimum atomic E-state index is -5.02. The van der Waals surface area contributed by atoms with E-state index in [0.717, 1.165) is 6.26 Å². The van der Waals surface area contributed by atoms with Gasteiger partial charge in [0, 0.05) is 24.4 Å². The van der Waals surface area contributed by atoms with Gasteiger partial charge in [-0.1, -0.05) is 30.3 Å². The number of ether oxygens (including phenoxy) is 1. The molecule has 3 aromatic carbocycles. The molecule has 0 aliphatic heterocycles. The summed E-state index contributed by atoms with van der Waals surface area (Å²) in [6.45, 7) is 1.77. The molecule has 0 bridgehead atoms. The molecule has 6 nitrogen and oxygen atoms in total. The van der Waals surface area contributed by atoms with Crippen molar-refractivity contribution >= 4 is 20.9 Å². The number of nitrogens with zero attached hydrogens (tertiary/aromatic N) is 2. The first-order valence-electron chi connectivity index (χ1n) is 10.3. The van der Waals surface area contributed by atoms with Crippen LogP contribution in [0.15, 0.2) is 77.7 Å². The Kier molecular flexibility index (Phi) is 5.91. The number of aryl methyl sites for hydroxylation is 1. The second-order valence-electron chi connectivity index (χ2n) is 7.75. The zero-order chi connectivity index (χ0) is 24.7. The Balaban J connectivity index is 1.79. The number of rotatable bonds is 6. The molecule has 4 aromatic rings. The Morgan fingerprint density at radius 1 is 0.971 bits per heavy atom. The summed E-state index contributed by atoms with van der Waals surface area (Å²) in [5.41, 5.74) is -3.04. The van der Waals surface area contributed by atoms with Gasteiger partial charge in [-0.3, -0.25) is 0 Å². The molecule has 0 fully saturated rings. The predicted molar refractivity (Wildman–Crippen MR) is 121 cm³/mol. The zero-order valence-corrected chi connectivity index (χ0v) is 19.1. The molecule has 1 heterocycles. The Hall–Kier alpha value is -3.37. The summed E-state index contributed by atoms with van der Waals surface area (Å²) in [7, 11) is -3.36. The summed E-state index contributed by atoms with van der Waals surface area (Å²) in [4.78, 5) is 4.29. The van der Waals surface area contributed by atoms with E-state index >= 15 is 0 Å². The summed E-state index contributed by atoms with van der Waals surface area (Å²) in [5, 5.41) is 11.0. The number of alkyl halides is 3. The third-order valence-corrected chi connectivity index (χ3v) is 6.58. The van der Waals surface area contributed by atoms with Crippen LogP contribution in [0, 0.1) is 0 Å². The van der Waals surface area contributed by atoms with Gasteiger partial charge in [-0.2, -0.15) is 13.2 Å². The molecule has 4 rings (SSSR count). The molecule has 0 spiro atoms. The largest absolute Gasteiger partial charge is 0.457 e. The number of fused-ring (bicyclic) bond motifs is 1. The number of imidazole rings is 1. The molecule has 34 heavy (non-hydrogen) atoms. The van der Waals surface area contributed by atoms with Crippen molar-refractivity contribution in [2.24, 2.45) is 0 Å². The van der Waals surface area contributed by atoms with E-state index in [1.807, 2.05) is 0 Å². The van der Waals surface area contributed by atoms with Crippen molar-refractivity contribution in [2.75, 3.05) is 6.26 Å². The molecular weight excluding hydrogens is 469 g/mol. The monoisotopic (exact) mass is 490 g/mol. The van der Waals surface area contributed by atoms with Crippen LogP contribution in [0.25, 0.3) is 11.0 Å². The summed E-state index contributed by atoms with van der Waals surface area (Å²) in [6, 6.07) is 17.2. The molecule has 1 unspecified atom stereocenters. The first-order valence-corrected chi connectivity index (χ1v) is 12.2. The second-order valence-corrected chi connectivity index (χ2v) is 9.77. The summed E-state index contributed by atoms with van der Waals surface area (Å²) in [6.07, 6.45) is -3.93. The smallest absolute Gasteiger partial charge is 0.428 e. The van der Waals surface area contributed by atoms with Gasteiger partial charge < -0.3 is 14.4 Å². The molecule has 0 radical (unpaired) electrons. The van der Waals surface area contributed by atoms with E-state index in [1.54, 1.807) is 19.1 Å². The molecule has 0 aliphatic carbocycles.